The minimum atomic E-state index is -0.926. The monoisotopic (exact) mass is 782 g/mol. The topological polar surface area (TPSA) is 188 Å². The number of anilines is 1. The van der Waals surface area contributed by atoms with Gasteiger partial charge in [0.25, 0.3) is 0 Å². The Hall–Kier alpha value is -4.08. The lowest BCUT2D eigenvalue weighted by molar-refractivity contribution is -0.124. The fourth-order valence-electron chi connectivity index (χ4n) is 9.56. The van der Waals surface area contributed by atoms with Crippen LogP contribution in [0.4, 0.5) is 5.82 Å². The number of nitrogens with one attached hydrogen (secondary N) is 1. The number of nitrogen functional groups attached to an aromatic ring is 1. The van der Waals surface area contributed by atoms with Crippen LogP contribution < -0.4 is 15.8 Å². The molecular weight excluding hydrogens is 721 g/mol. The number of nitrogens with zero attached hydrogens (tertiary/aromatic N) is 2. The standard InChI is InChI=1S/C46H62N4O7/c1-57-45-22-33-11-16-43(55)39(42(54)6-2-4-30(5-3-19-51)36-21-34-9-14-38(53)24-41(34)49-27-36)15-10-31(40(33)25-44(45)56)7-12-37(52)13-8-32-23-46(47)50-28-35(32)20-29-17-18-48-26-29/h17,22-23,25-26,28,30-31,34,36-37,39,41-42,49,51-52,54,56H,2-9,11-14,16,18-21,24,27H2,1H3,(H2,47,50). The Morgan fingerprint density at radius 2 is 1.86 bits per heavy atom. The number of benzene rings is 1. The predicted molar refractivity (Wildman–Crippen MR) is 221 cm³/mol. The molecule has 0 bridgehead atoms. The summed E-state index contributed by atoms with van der Waals surface area (Å²) < 4.78 is 5.42. The summed E-state index contributed by atoms with van der Waals surface area (Å²) in [5, 5.41) is 47.0. The molecule has 57 heavy (non-hydrogen) atoms. The third kappa shape index (κ3) is 11.5. The van der Waals surface area contributed by atoms with Gasteiger partial charge in [-0.15, -0.1) is 0 Å². The van der Waals surface area contributed by atoms with Gasteiger partial charge in [0.2, 0.25) is 0 Å². The van der Waals surface area contributed by atoms with Crippen LogP contribution in [0.1, 0.15) is 112 Å². The fourth-order valence-corrected chi connectivity index (χ4v) is 9.56. The molecule has 1 saturated heterocycles. The Morgan fingerprint density at radius 3 is 2.65 bits per heavy atom. The van der Waals surface area contributed by atoms with E-state index in [0.717, 1.165) is 72.9 Å². The van der Waals surface area contributed by atoms with Crippen molar-refractivity contribution in [3.8, 4) is 23.3 Å². The van der Waals surface area contributed by atoms with E-state index >= 15 is 0 Å². The van der Waals surface area contributed by atoms with Crippen molar-refractivity contribution in [3.05, 3.63) is 58.3 Å². The maximum Gasteiger partial charge on any atom is 0.160 e. The van der Waals surface area contributed by atoms with Crippen LogP contribution >= 0.6 is 0 Å². The summed E-state index contributed by atoms with van der Waals surface area (Å²) in [5.74, 6) is 7.66. The summed E-state index contributed by atoms with van der Waals surface area (Å²) in [6, 6.07) is 5.61. The number of aryl methyl sites for hydroxylation is 2. The van der Waals surface area contributed by atoms with E-state index < -0.39 is 18.1 Å². The molecule has 2 aliphatic carbocycles. The van der Waals surface area contributed by atoms with E-state index in [1.54, 1.807) is 18.3 Å². The molecule has 308 valence electrons. The molecule has 3 heterocycles. The zero-order valence-electron chi connectivity index (χ0n) is 33.5. The maximum atomic E-state index is 13.7. The first-order valence-electron chi connectivity index (χ1n) is 21.2. The van der Waals surface area contributed by atoms with Crippen molar-refractivity contribution >= 4 is 23.6 Å². The SMILES string of the molecule is COc1cc2c(cc1O)C(CCC(O)CCc1cc(N)ncc1CC1=CCN=C1)C#CC(C(O)CCCC(CCCO)C1CNC3CC(=O)CCC3C1)C(=O)CC2. The molecule has 6 rings (SSSR count). The lowest BCUT2D eigenvalue weighted by Crippen LogP contribution is -2.50. The number of allylic oxidation sites excluding steroid dienone is 1. The Kier molecular flexibility index (Phi) is 15.3. The fraction of sp³-hybridized carbons (Fsp3) is 0.609. The van der Waals surface area contributed by atoms with Crippen LogP contribution in [0, 0.1) is 35.5 Å². The first-order chi connectivity index (χ1) is 27.6. The first-order valence-corrected chi connectivity index (χ1v) is 21.2. The quantitative estimate of drug-likeness (QED) is 0.110. The number of carbonyl (C=O) groups is 2. The van der Waals surface area contributed by atoms with Crippen LogP contribution in [0.2, 0.25) is 0 Å². The van der Waals surface area contributed by atoms with Crippen LogP contribution in [-0.2, 0) is 28.9 Å². The number of phenolic OH excluding ortho intramolecular Hbond substituents is 1. The number of aromatic hydroxyl groups is 1. The van der Waals surface area contributed by atoms with E-state index in [1.807, 2.05) is 12.3 Å². The lowest BCUT2D eigenvalue weighted by atomic mass is 9.70. The number of aliphatic hydroxyl groups is 3. The molecule has 2 aromatic rings. The number of pyridine rings is 1. The molecule has 8 atom stereocenters. The van der Waals surface area contributed by atoms with Crippen molar-refractivity contribution in [3.63, 3.8) is 0 Å². The van der Waals surface area contributed by atoms with Crippen molar-refractivity contribution in [2.75, 3.05) is 32.5 Å². The minimum absolute atomic E-state index is 0.00704. The molecular formula is C46H62N4O7. The predicted octanol–water partition coefficient (Wildman–Crippen LogP) is 5.19. The van der Waals surface area contributed by atoms with Gasteiger partial charge in [0.1, 0.15) is 17.5 Å². The van der Waals surface area contributed by atoms with Gasteiger partial charge in [0.15, 0.2) is 17.3 Å². The number of fused-ring (bicyclic) bond motifs is 2. The Balaban J connectivity index is 1.11. The molecule has 1 aromatic carbocycles. The number of aliphatic hydroxyl groups excluding tert-OH is 3. The highest BCUT2D eigenvalue weighted by Gasteiger charge is 2.37. The van der Waals surface area contributed by atoms with E-state index in [9.17, 15) is 30.0 Å². The number of methoxy groups -OCH3 is 1. The number of piperidine rings is 1. The molecule has 1 saturated carbocycles. The second kappa shape index (κ2) is 20.6. The molecule has 4 aliphatic rings. The number of hydrogen-bond acceptors (Lipinski definition) is 11. The van der Waals surface area contributed by atoms with E-state index in [1.165, 1.54) is 7.11 Å². The first kappa shape index (κ1) is 42.5. The molecule has 1 aromatic heterocycles. The highest BCUT2D eigenvalue weighted by molar-refractivity contribution is 5.85. The van der Waals surface area contributed by atoms with Gasteiger partial charge in [-0.05, 0) is 135 Å². The normalized spacial score (nSPS) is 24.8. The summed E-state index contributed by atoms with van der Waals surface area (Å²) >= 11 is 0. The summed E-state index contributed by atoms with van der Waals surface area (Å²) in [6.07, 6.45) is 14.7. The Morgan fingerprint density at radius 1 is 1.02 bits per heavy atom. The lowest BCUT2D eigenvalue weighted by Gasteiger charge is -2.42. The third-order valence-corrected chi connectivity index (χ3v) is 12.9. The number of Topliss-reactive ketones (excluding diaryl/α,β-unsaturated/α-hetero) is 2. The van der Waals surface area contributed by atoms with E-state index in [-0.39, 0.29) is 36.5 Å². The summed E-state index contributed by atoms with van der Waals surface area (Å²) in [4.78, 5) is 34.3. The number of carbonyl (C=O) groups excluding carboxylic acids is 2. The number of rotatable bonds is 18. The smallest absolute Gasteiger partial charge is 0.160 e. The van der Waals surface area contributed by atoms with Gasteiger partial charge >= 0.3 is 0 Å². The molecule has 7 N–H and O–H groups in total. The summed E-state index contributed by atoms with van der Waals surface area (Å²) in [7, 11) is 1.50. The van der Waals surface area contributed by atoms with Gasteiger partial charge in [0, 0.05) is 56.7 Å². The average Bonchev–Trinajstić information content (AvgIpc) is 3.74. The minimum Gasteiger partial charge on any atom is -0.504 e. The molecule has 8 unspecified atom stereocenters. The second-order valence-electron chi connectivity index (χ2n) is 16.8. The number of nitrogens with two attached hydrogens (primary N) is 1. The van der Waals surface area contributed by atoms with Crippen molar-refractivity contribution in [2.24, 2.45) is 28.7 Å². The largest absolute Gasteiger partial charge is 0.504 e. The van der Waals surface area contributed by atoms with E-state index in [0.29, 0.717) is 99.4 Å². The van der Waals surface area contributed by atoms with Gasteiger partial charge in [-0.3, -0.25) is 14.6 Å². The maximum absolute atomic E-state index is 13.7. The second-order valence-corrected chi connectivity index (χ2v) is 16.8. The van der Waals surface area contributed by atoms with Crippen molar-refractivity contribution in [1.82, 2.24) is 10.3 Å². The number of hydrogen-bond donors (Lipinski definition) is 6. The number of phenols is 1. The van der Waals surface area contributed by atoms with E-state index in [2.05, 4.69) is 33.2 Å². The molecule has 2 aliphatic heterocycles. The molecule has 0 radical (unpaired) electrons. The van der Waals surface area contributed by atoms with Crippen LogP contribution in [0.25, 0.3) is 0 Å². The van der Waals surface area contributed by atoms with Crippen LogP contribution in [-0.4, -0.2) is 88.2 Å². The van der Waals surface area contributed by atoms with Gasteiger partial charge in [0.05, 0.1) is 25.9 Å². The van der Waals surface area contributed by atoms with Gasteiger partial charge < -0.3 is 36.2 Å². The zero-order chi connectivity index (χ0) is 40.3. The van der Waals surface area contributed by atoms with Crippen molar-refractivity contribution in [2.45, 2.75) is 127 Å². The molecule has 11 heteroatoms. The van der Waals surface area contributed by atoms with Crippen molar-refractivity contribution < 1.29 is 34.8 Å². The van der Waals surface area contributed by atoms with E-state index in [4.69, 9.17) is 10.5 Å². The average molecular weight is 783 g/mol. The Labute approximate surface area is 337 Å². The summed E-state index contributed by atoms with van der Waals surface area (Å²) in [5.41, 5.74) is 11.0. The van der Waals surface area contributed by atoms with Crippen LogP contribution in [0.3, 0.4) is 0 Å². The zero-order valence-corrected chi connectivity index (χ0v) is 33.5. The number of aliphatic imine (C=N–C) groups is 1. The number of ketones is 2. The van der Waals surface area contributed by atoms with Crippen LogP contribution in [0.5, 0.6) is 11.5 Å². The molecule has 0 spiro atoms. The highest BCUT2D eigenvalue weighted by atomic mass is 16.5. The molecule has 0 amide bonds. The van der Waals surface area contributed by atoms with Crippen molar-refractivity contribution in [1.29, 1.82) is 0 Å². The molecule has 11 nitrogen and oxygen atoms in total. The third-order valence-electron chi connectivity index (χ3n) is 12.9. The number of aromatic nitrogens is 1. The number of ether oxygens (including phenoxy) is 1. The van der Waals surface area contributed by atoms with Gasteiger partial charge in [-0.2, -0.15) is 0 Å². The van der Waals surface area contributed by atoms with Crippen LogP contribution in [0.15, 0.2) is 41.0 Å². The molecule has 2 fully saturated rings. The van der Waals surface area contributed by atoms with Gasteiger partial charge in [-0.25, -0.2) is 4.98 Å². The Bertz CT molecular complexity index is 1830. The van der Waals surface area contributed by atoms with Gasteiger partial charge in [-0.1, -0.05) is 30.8 Å². The highest BCUT2D eigenvalue weighted by Crippen LogP contribution is 2.39. The summed E-state index contributed by atoms with van der Waals surface area (Å²) in [6.45, 7) is 1.70.